The number of carbonyl (C=O) groups is 1. The first-order valence-electron chi connectivity index (χ1n) is 4.84. The molecule has 2 aromatic rings. The van der Waals surface area contributed by atoms with E-state index in [0.29, 0.717) is 16.1 Å². The minimum atomic E-state index is -0.00539. The van der Waals surface area contributed by atoms with E-state index in [2.05, 4.69) is 31.9 Å². The van der Waals surface area contributed by atoms with E-state index in [1.54, 1.807) is 18.2 Å². The maximum Gasteiger partial charge on any atom is 0.204 e. The van der Waals surface area contributed by atoms with Crippen molar-refractivity contribution in [2.75, 3.05) is 5.73 Å². The van der Waals surface area contributed by atoms with Crippen LogP contribution in [-0.2, 0) is 0 Å². The van der Waals surface area contributed by atoms with Gasteiger partial charge in [-0.25, -0.2) is 0 Å². The number of ketones is 1. The highest BCUT2D eigenvalue weighted by atomic mass is 79.9. The van der Waals surface area contributed by atoms with Gasteiger partial charge in [-0.2, -0.15) is 0 Å². The third kappa shape index (κ3) is 2.61. The Morgan fingerprint density at radius 2 is 1.94 bits per heavy atom. The molecule has 0 saturated carbocycles. The van der Waals surface area contributed by atoms with Gasteiger partial charge in [-0.3, -0.25) is 4.79 Å². The fourth-order valence-electron chi connectivity index (χ4n) is 1.45. The highest BCUT2D eigenvalue weighted by Gasteiger charge is 2.16. The molecule has 0 fully saturated rings. The molecule has 88 valence electrons. The average molecular weight is 375 g/mol. The Labute approximate surface area is 120 Å². The lowest BCUT2D eigenvalue weighted by Gasteiger charge is -2.02. The van der Waals surface area contributed by atoms with Gasteiger partial charge in [0.1, 0.15) is 0 Å². The van der Waals surface area contributed by atoms with E-state index < -0.39 is 0 Å². The summed E-state index contributed by atoms with van der Waals surface area (Å²) in [4.78, 5) is 14.1. The fraction of sp³-hybridized carbons (Fsp3) is 0.0833. The maximum atomic E-state index is 12.3. The third-order valence-electron chi connectivity index (χ3n) is 2.27. The second-order valence-electron chi connectivity index (χ2n) is 3.60. The van der Waals surface area contributed by atoms with E-state index in [1.807, 2.05) is 13.0 Å². The molecule has 5 heteroatoms. The summed E-state index contributed by atoms with van der Waals surface area (Å²) in [5.74, 6) is -0.00539. The number of aryl methyl sites for hydroxylation is 1. The van der Waals surface area contributed by atoms with Crippen molar-refractivity contribution >= 4 is 54.7 Å². The van der Waals surface area contributed by atoms with Crippen LogP contribution in [0.2, 0.25) is 0 Å². The zero-order chi connectivity index (χ0) is 12.6. The summed E-state index contributed by atoms with van der Waals surface area (Å²) < 4.78 is 1.64. The summed E-state index contributed by atoms with van der Waals surface area (Å²) in [6.07, 6.45) is 0. The summed E-state index contributed by atoms with van der Waals surface area (Å²) >= 11 is 8.19. The second kappa shape index (κ2) is 4.92. The standard InChI is InChI=1S/C12H9Br2NOS/c1-6-4-9(14)12(17-6)11(16)7-2-3-8(13)10(15)5-7/h2-5H,15H2,1H3. The molecule has 17 heavy (non-hydrogen) atoms. The van der Waals surface area contributed by atoms with E-state index >= 15 is 0 Å². The predicted octanol–water partition coefficient (Wildman–Crippen LogP) is 4.39. The summed E-state index contributed by atoms with van der Waals surface area (Å²) in [5.41, 5.74) is 6.95. The minimum absolute atomic E-state index is 0.00539. The molecule has 0 spiro atoms. The molecule has 0 aliphatic heterocycles. The van der Waals surface area contributed by atoms with Crippen molar-refractivity contribution in [1.29, 1.82) is 0 Å². The molecule has 0 radical (unpaired) electrons. The molecule has 0 saturated heterocycles. The highest BCUT2D eigenvalue weighted by Crippen LogP contribution is 2.30. The van der Waals surface area contributed by atoms with Gasteiger partial charge in [-0.05, 0) is 63.0 Å². The Bertz CT molecular complexity index is 592. The van der Waals surface area contributed by atoms with E-state index in [0.717, 1.165) is 13.8 Å². The lowest BCUT2D eigenvalue weighted by atomic mass is 10.1. The summed E-state index contributed by atoms with van der Waals surface area (Å²) in [5, 5.41) is 0. The highest BCUT2D eigenvalue weighted by molar-refractivity contribution is 9.11. The zero-order valence-electron chi connectivity index (χ0n) is 8.96. The first kappa shape index (κ1) is 12.8. The topological polar surface area (TPSA) is 43.1 Å². The van der Waals surface area contributed by atoms with Gasteiger partial charge in [0.25, 0.3) is 0 Å². The van der Waals surface area contributed by atoms with Crippen LogP contribution in [0.25, 0.3) is 0 Å². The number of halogens is 2. The first-order chi connectivity index (χ1) is 7.99. The molecule has 1 heterocycles. The van der Waals surface area contributed by atoms with Crippen molar-refractivity contribution in [3.05, 3.63) is 48.5 Å². The van der Waals surface area contributed by atoms with Gasteiger partial charge in [-0.15, -0.1) is 11.3 Å². The number of thiophene rings is 1. The van der Waals surface area contributed by atoms with E-state index in [4.69, 9.17) is 5.73 Å². The molecule has 0 aliphatic carbocycles. The van der Waals surface area contributed by atoms with Crippen molar-refractivity contribution in [3.63, 3.8) is 0 Å². The number of benzene rings is 1. The Balaban J connectivity index is 2.44. The minimum Gasteiger partial charge on any atom is -0.398 e. The molecular weight excluding hydrogens is 366 g/mol. The molecule has 0 bridgehead atoms. The van der Waals surface area contributed by atoms with Crippen molar-refractivity contribution in [2.24, 2.45) is 0 Å². The molecule has 1 aromatic heterocycles. The summed E-state index contributed by atoms with van der Waals surface area (Å²) in [6, 6.07) is 7.19. The Kier molecular flexibility index (Phi) is 3.70. The quantitative estimate of drug-likeness (QED) is 0.625. The first-order valence-corrected chi connectivity index (χ1v) is 7.25. The Morgan fingerprint density at radius 1 is 1.24 bits per heavy atom. The molecule has 0 amide bonds. The molecule has 0 aliphatic rings. The number of hydrogen-bond donors (Lipinski definition) is 1. The lowest BCUT2D eigenvalue weighted by Crippen LogP contribution is -2.00. The van der Waals surface area contributed by atoms with Crippen LogP contribution in [0, 0.1) is 6.92 Å². The molecule has 2 N–H and O–H groups in total. The Morgan fingerprint density at radius 3 is 2.47 bits per heavy atom. The molecule has 1 aromatic carbocycles. The lowest BCUT2D eigenvalue weighted by molar-refractivity contribution is 0.104. The largest absolute Gasteiger partial charge is 0.398 e. The zero-order valence-corrected chi connectivity index (χ0v) is 12.9. The molecule has 0 unspecified atom stereocenters. The van der Waals surface area contributed by atoms with Gasteiger partial charge in [0, 0.05) is 25.1 Å². The van der Waals surface area contributed by atoms with Crippen molar-refractivity contribution < 1.29 is 4.79 Å². The van der Waals surface area contributed by atoms with E-state index in [1.165, 1.54) is 11.3 Å². The van der Waals surface area contributed by atoms with Crippen LogP contribution in [0.3, 0.4) is 0 Å². The maximum absolute atomic E-state index is 12.3. The van der Waals surface area contributed by atoms with Gasteiger partial charge < -0.3 is 5.73 Å². The van der Waals surface area contributed by atoms with Crippen LogP contribution < -0.4 is 5.73 Å². The smallest absolute Gasteiger partial charge is 0.204 e. The second-order valence-corrected chi connectivity index (χ2v) is 6.56. The van der Waals surface area contributed by atoms with Gasteiger partial charge in [-0.1, -0.05) is 0 Å². The van der Waals surface area contributed by atoms with Gasteiger partial charge in [0.05, 0.1) is 4.88 Å². The van der Waals surface area contributed by atoms with E-state index in [9.17, 15) is 4.79 Å². The van der Waals surface area contributed by atoms with Crippen LogP contribution in [0.1, 0.15) is 20.1 Å². The Hall–Kier alpha value is -0.650. The van der Waals surface area contributed by atoms with Crippen LogP contribution in [0.5, 0.6) is 0 Å². The number of rotatable bonds is 2. The third-order valence-corrected chi connectivity index (χ3v) is 4.93. The van der Waals surface area contributed by atoms with E-state index in [-0.39, 0.29) is 5.78 Å². The number of nitrogens with two attached hydrogens (primary N) is 1. The van der Waals surface area contributed by atoms with Gasteiger partial charge >= 0.3 is 0 Å². The van der Waals surface area contributed by atoms with Crippen LogP contribution in [0.4, 0.5) is 5.69 Å². The molecule has 2 rings (SSSR count). The average Bonchev–Trinajstić information content (AvgIpc) is 2.61. The number of carbonyl (C=O) groups excluding carboxylic acids is 1. The normalized spacial score (nSPS) is 10.5. The monoisotopic (exact) mass is 373 g/mol. The number of nitrogen functional groups attached to an aromatic ring is 1. The molecule has 2 nitrogen and oxygen atoms in total. The molecule has 0 atom stereocenters. The SMILES string of the molecule is Cc1cc(Br)c(C(=O)c2ccc(Br)c(N)c2)s1. The van der Waals surface area contributed by atoms with Crippen LogP contribution in [-0.4, -0.2) is 5.78 Å². The fourth-order valence-corrected chi connectivity index (χ4v) is 3.48. The van der Waals surface area contributed by atoms with Crippen LogP contribution in [0.15, 0.2) is 33.2 Å². The molecular formula is C12H9Br2NOS. The summed E-state index contributed by atoms with van der Waals surface area (Å²) in [6.45, 7) is 1.97. The van der Waals surface area contributed by atoms with Crippen molar-refractivity contribution in [3.8, 4) is 0 Å². The van der Waals surface area contributed by atoms with Gasteiger partial charge in [0.15, 0.2) is 0 Å². The van der Waals surface area contributed by atoms with Gasteiger partial charge in [0.2, 0.25) is 5.78 Å². The summed E-state index contributed by atoms with van der Waals surface area (Å²) in [7, 11) is 0. The van der Waals surface area contributed by atoms with Crippen molar-refractivity contribution in [1.82, 2.24) is 0 Å². The predicted molar refractivity (Wildman–Crippen MR) is 78.7 cm³/mol. The number of hydrogen-bond acceptors (Lipinski definition) is 3. The number of anilines is 1. The van der Waals surface area contributed by atoms with Crippen LogP contribution >= 0.6 is 43.2 Å². The van der Waals surface area contributed by atoms with Crippen molar-refractivity contribution in [2.45, 2.75) is 6.92 Å².